The molecule has 1 aliphatic carbocycles. The Labute approximate surface area is 86.2 Å². The highest BCUT2D eigenvalue weighted by molar-refractivity contribution is 5.75. The molecule has 0 heterocycles. The van der Waals surface area contributed by atoms with E-state index in [1.54, 1.807) is 0 Å². The van der Waals surface area contributed by atoms with Gasteiger partial charge in [-0.25, -0.2) is 0 Å². The number of carbonyl (C=O) groups is 1. The molecular formula is C11H21NO2. The van der Waals surface area contributed by atoms with Crippen molar-refractivity contribution in [2.75, 3.05) is 7.11 Å². The quantitative estimate of drug-likeness (QED) is 0.701. The summed E-state index contributed by atoms with van der Waals surface area (Å²) in [5.74, 6) is 0.662. The predicted octanol–water partition coefficient (Wildman–Crippen LogP) is 1.72. The average Bonchev–Trinajstić information content (AvgIpc) is 2.59. The molecule has 1 saturated carbocycles. The fourth-order valence-corrected chi connectivity index (χ4v) is 2.14. The van der Waals surface area contributed by atoms with Crippen LogP contribution in [0.5, 0.6) is 0 Å². The number of methoxy groups -OCH3 is 1. The van der Waals surface area contributed by atoms with Crippen molar-refractivity contribution >= 4 is 5.97 Å². The molecule has 82 valence electrons. The van der Waals surface area contributed by atoms with Crippen molar-refractivity contribution in [1.29, 1.82) is 0 Å². The molecule has 0 aromatic rings. The summed E-state index contributed by atoms with van der Waals surface area (Å²) in [5.41, 5.74) is 0. The lowest BCUT2D eigenvalue weighted by molar-refractivity contribution is -0.143. The monoisotopic (exact) mass is 199 g/mol. The Bertz CT molecular complexity index is 194. The summed E-state index contributed by atoms with van der Waals surface area (Å²) in [6.07, 6.45) is 4.45. The maximum Gasteiger partial charge on any atom is 0.322 e. The average molecular weight is 199 g/mol. The molecule has 1 rings (SSSR count). The fraction of sp³-hybridized carbons (Fsp3) is 0.909. The third kappa shape index (κ3) is 2.98. The van der Waals surface area contributed by atoms with E-state index in [9.17, 15) is 4.79 Å². The van der Waals surface area contributed by atoms with Crippen molar-refractivity contribution in [3.05, 3.63) is 0 Å². The summed E-state index contributed by atoms with van der Waals surface area (Å²) >= 11 is 0. The molecule has 0 bridgehead atoms. The van der Waals surface area contributed by atoms with Crippen LogP contribution in [0.3, 0.4) is 0 Å². The molecule has 3 heteroatoms. The molecule has 0 aliphatic heterocycles. The van der Waals surface area contributed by atoms with Gasteiger partial charge in [0.05, 0.1) is 7.11 Å². The van der Waals surface area contributed by atoms with Crippen molar-refractivity contribution in [2.24, 2.45) is 5.92 Å². The number of nitrogens with one attached hydrogen (secondary N) is 1. The van der Waals surface area contributed by atoms with Crippen molar-refractivity contribution < 1.29 is 9.53 Å². The zero-order chi connectivity index (χ0) is 10.6. The summed E-state index contributed by atoms with van der Waals surface area (Å²) < 4.78 is 4.74. The normalized spacial score (nSPS) is 28.8. The third-order valence-corrected chi connectivity index (χ3v) is 3.03. The van der Waals surface area contributed by atoms with E-state index in [4.69, 9.17) is 4.74 Å². The molecular weight excluding hydrogens is 178 g/mol. The van der Waals surface area contributed by atoms with Crippen molar-refractivity contribution in [2.45, 2.75) is 51.6 Å². The van der Waals surface area contributed by atoms with Crippen molar-refractivity contribution in [3.8, 4) is 0 Å². The van der Waals surface area contributed by atoms with Gasteiger partial charge in [0.1, 0.15) is 6.04 Å². The molecule has 0 saturated heterocycles. The van der Waals surface area contributed by atoms with Gasteiger partial charge in [0.2, 0.25) is 0 Å². The second-order valence-electron chi connectivity index (χ2n) is 4.27. The molecule has 3 unspecified atom stereocenters. The van der Waals surface area contributed by atoms with Gasteiger partial charge in [-0.1, -0.05) is 13.8 Å². The van der Waals surface area contributed by atoms with E-state index in [-0.39, 0.29) is 12.0 Å². The number of rotatable bonds is 4. The van der Waals surface area contributed by atoms with E-state index in [2.05, 4.69) is 12.2 Å². The summed E-state index contributed by atoms with van der Waals surface area (Å²) in [7, 11) is 1.45. The molecule has 0 aromatic carbocycles. The molecule has 3 atom stereocenters. The van der Waals surface area contributed by atoms with Gasteiger partial charge in [0.25, 0.3) is 0 Å². The molecule has 1 aliphatic rings. The largest absolute Gasteiger partial charge is 0.468 e. The Morgan fingerprint density at radius 2 is 2.29 bits per heavy atom. The third-order valence-electron chi connectivity index (χ3n) is 3.03. The molecule has 14 heavy (non-hydrogen) atoms. The highest BCUT2D eigenvalue weighted by atomic mass is 16.5. The number of carbonyl (C=O) groups excluding carboxylic acids is 1. The highest BCUT2D eigenvalue weighted by Crippen LogP contribution is 2.25. The van der Waals surface area contributed by atoms with E-state index in [1.807, 2.05) is 6.92 Å². The number of hydrogen-bond donors (Lipinski definition) is 1. The Morgan fingerprint density at radius 1 is 1.57 bits per heavy atom. The van der Waals surface area contributed by atoms with Gasteiger partial charge >= 0.3 is 5.97 Å². The lowest BCUT2D eigenvalue weighted by atomic mass is 10.1. The van der Waals surface area contributed by atoms with Crippen LogP contribution < -0.4 is 5.32 Å². The van der Waals surface area contributed by atoms with Gasteiger partial charge in [-0.05, 0) is 31.6 Å². The number of esters is 1. The van der Waals surface area contributed by atoms with E-state index >= 15 is 0 Å². The van der Waals surface area contributed by atoms with Crippen LogP contribution in [0.15, 0.2) is 0 Å². The minimum absolute atomic E-state index is 0.115. The van der Waals surface area contributed by atoms with Gasteiger partial charge in [-0.15, -0.1) is 0 Å². The smallest absolute Gasteiger partial charge is 0.322 e. The first-order chi connectivity index (χ1) is 6.67. The van der Waals surface area contributed by atoms with Crippen molar-refractivity contribution in [1.82, 2.24) is 5.32 Å². The SMILES string of the molecule is CCC(NC1CCC(C)C1)C(=O)OC. The highest BCUT2D eigenvalue weighted by Gasteiger charge is 2.26. The summed E-state index contributed by atoms with van der Waals surface area (Å²) in [6.45, 7) is 4.27. The standard InChI is InChI=1S/C11H21NO2/c1-4-10(11(13)14-3)12-9-6-5-8(2)7-9/h8-10,12H,4-7H2,1-3H3. The Balaban J connectivity index is 2.36. The van der Waals surface area contributed by atoms with Crippen LogP contribution in [0, 0.1) is 5.92 Å². The van der Waals surface area contributed by atoms with E-state index in [0.29, 0.717) is 6.04 Å². The first kappa shape index (κ1) is 11.5. The first-order valence-corrected chi connectivity index (χ1v) is 5.51. The summed E-state index contributed by atoms with van der Waals surface area (Å²) in [4.78, 5) is 11.3. The minimum atomic E-state index is -0.132. The van der Waals surface area contributed by atoms with Gasteiger partial charge in [-0.3, -0.25) is 4.79 Å². The summed E-state index contributed by atoms with van der Waals surface area (Å²) in [5, 5.41) is 3.37. The van der Waals surface area contributed by atoms with Crippen molar-refractivity contribution in [3.63, 3.8) is 0 Å². The number of ether oxygens (including phenoxy) is 1. The van der Waals surface area contributed by atoms with Gasteiger partial charge < -0.3 is 10.1 Å². The lowest BCUT2D eigenvalue weighted by Gasteiger charge is -2.19. The summed E-state index contributed by atoms with van der Waals surface area (Å²) in [6, 6.07) is 0.393. The minimum Gasteiger partial charge on any atom is -0.468 e. The van der Waals surface area contributed by atoms with Crippen LogP contribution >= 0.6 is 0 Å². The van der Waals surface area contributed by atoms with Gasteiger partial charge in [0.15, 0.2) is 0 Å². The van der Waals surface area contributed by atoms with E-state index in [0.717, 1.165) is 12.3 Å². The maximum absolute atomic E-state index is 11.3. The Hall–Kier alpha value is -0.570. The molecule has 0 aromatic heterocycles. The van der Waals surface area contributed by atoms with E-state index in [1.165, 1.54) is 26.4 Å². The molecule has 3 nitrogen and oxygen atoms in total. The van der Waals surface area contributed by atoms with Crippen LogP contribution in [-0.4, -0.2) is 25.2 Å². The second-order valence-corrected chi connectivity index (χ2v) is 4.27. The Kier molecular flexibility index (Phi) is 4.39. The zero-order valence-corrected chi connectivity index (χ0v) is 9.38. The molecule has 1 fully saturated rings. The first-order valence-electron chi connectivity index (χ1n) is 5.51. The van der Waals surface area contributed by atoms with Crippen LogP contribution in [0.4, 0.5) is 0 Å². The van der Waals surface area contributed by atoms with Gasteiger partial charge in [-0.2, -0.15) is 0 Å². The van der Waals surface area contributed by atoms with Crippen LogP contribution in [0.25, 0.3) is 0 Å². The topological polar surface area (TPSA) is 38.3 Å². The van der Waals surface area contributed by atoms with Crippen LogP contribution in [0.1, 0.15) is 39.5 Å². The van der Waals surface area contributed by atoms with E-state index < -0.39 is 0 Å². The second kappa shape index (κ2) is 5.35. The molecule has 0 spiro atoms. The lowest BCUT2D eigenvalue weighted by Crippen LogP contribution is -2.42. The number of hydrogen-bond acceptors (Lipinski definition) is 3. The predicted molar refractivity (Wildman–Crippen MR) is 56.0 cm³/mol. The van der Waals surface area contributed by atoms with Crippen LogP contribution in [0.2, 0.25) is 0 Å². The maximum atomic E-state index is 11.3. The molecule has 1 N–H and O–H groups in total. The zero-order valence-electron chi connectivity index (χ0n) is 9.38. The Morgan fingerprint density at radius 3 is 2.71 bits per heavy atom. The molecule has 0 radical (unpaired) electrons. The van der Waals surface area contributed by atoms with Crippen LogP contribution in [-0.2, 0) is 9.53 Å². The fourth-order valence-electron chi connectivity index (χ4n) is 2.14. The van der Waals surface area contributed by atoms with Gasteiger partial charge in [0, 0.05) is 6.04 Å². The molecule has 0 amide bonds.